The minimum atomic E-state index is -0.397. The summed E-state index contributed by atoms with van der Waals surface area (Å²) in [7, 11) is 2.06. The topological polar surface area (TPSA) is 66.7 Å². The summed E-state index contributed by atoms with van der Waals surface area (Å²) in [6.45, 7) is 3.36. The van der Waals surface area contributed by atoms with Gasteiger partial charge in [0.1, 0.15) is 5.69 Å². The number of carbonyl (C=O) groups is 1. The maximum Gasteiger partial charge on any atom is 0.293 e. The molecule has 2 aromatic carbocycles. The van der Waals surface area contributed by atoms with Crippen LogP contribution < -0.4 is 4.90 Å². The molecule has 1 aliphatic rings. The normalized spacial score (nSPS) is 15.6. The molecule has 0 atom stereocenters. The molecule has 1 fully saturated rings. The molecule has 6 heteroatoms. The summed E-state index contributed by atoms with van der Waals surface area (Å²) in [5.41, 5.74) is 1.45. The van der Waals surface area contributed by atoms with E-state index < -0.39 is 4.92 Å². The number of anilines is 1. The first-order chi connectivity index (χ1) is 12.1. The number of hydrogen-bond donors (Lipinski definition) is 0. The smallest absolute Gasteiger partial charge is 0.293 e. The van der Waals surface area contributed by atoms with Crippen LogP contribution in [0.5, 0.6) is 0 Å². The Labute approximate surface area is 146 Å². The van der Waals surface area contributed by atoms with Crippen LogP contribution in [0, 0.1) is 10.1 Å². The average Bonchev–Trinajstić information content (AvgIpc) is 2.86. The molecule has 0 radical (unpaired) electrons. The fourth-order valence-electron chi connectivity index (χ4n) is 3.12. The van der Waals surface area contributed by atoms with E-state index in [0.29, 0.717) is 16.8 Å². The zero-order chi connectivity index (χ0) is 17.8. The van der Waals surface area contributed by atoms with E-state index in [4.69, 9.17) is 0 Å². The van der Waals surface area contributed by atoms with E-state index in [1.54, 1.807) is 36.4 Å². The molecule has 0 bridgehead atoms. The Hall–Kier alpha value is -2.73. The molecule has 0 spiro atoms. The number of nitro benzene ring substituents is 1. The van der Waals surface area contributed by atoms with E-state index in [9.17, 15) is 14.9 Å². The second kappa shape index (κ2) is 7.44. The third-order valence-electron chi connectivity index (χ3n) is 4.53. The fourth-order valence-corrected chi connectivity index (χ4v) is 3.12. The van der Waals surface area contributed by atoms with Crippen LogP contribution >= 0.6 is 0 Å². The molecule has 0 amide bonds. The van der Waals surface area contributed by atoms with Gasteiger partial charge in [-0.05, 0) is 32.1 Å². The Balaban J connectivity index is 1.93. The van der Waals surface area contributed by atoms with Crippen molar-refractivity contribution in [2.24, 2.45) is 0 Å². The largest absolute Gasteiger partial charge is 0.365 e. The summed E-state index contributed by atoms with van der Waals surface area (Å²) in [6.07, 6.45) is 0.957. The third-order valence-corrected chi connectivity index (χ3v) is 4.53. The van der Waals surface area contributed by atoms with Gasteiger partial charge < -0.3 is 9.80 Å². The van der Waals surface area contributed by atoms with Gasteiger partial charge in [-0.1, -0.05) is 30.3 Å². The number of benzene rings is 2. The second-order valence-electron chi connectivity index (χ2n) is 6.30. The molecule has 0 N–H and O–H groups in total. The second-order valence-corrected chi connectivity index (χ2v) is 6.30. The van der Waals surface area contributed by atoms with E-state index >= 15 is 0 Å². The number of nitro groups is 1. The van der Waals surface area contributed by atoms with Crippen LogP contribution in [-0.2, 0) is 0 Å². The Kier molecular flexibility index (Phi) is 5.09. The van der Waals surface area contributed by atoms with Gasteiger partial charge in [-0.25, -0.2) is 0 Å². The summed E-state index contributed by atoms with van der Waals surface area (Å²) in [4.78, 5) is 28.0. The average molecular weight is 339 g/mol. The predicted octanol–water partition coefficient (Wildman–Crippen LogP) is 2.97. The third kappa shape index (κ3) is 3.85. The molecular formula is C19H21N3O3. The fraction of sp³-hybridized carbons (Fsp3) is 0.316. The van der Waals surface area contributed by atoms with E-state index in [-0.39, 0.29) is 11.5 Å². The summed E-state index contributed by atoms with van der Waals surface area (Å²) in [5, 5.41) is 11.6. The zero-order valence-corrected chi connectivity index (χ0v) is 14.2. The molecule has 25 heavy (non-hydrogen) atoms. The van der Waals surface area contributed by atoms with E-state index in [0.717, 1.165) is 32.6 Å². The van der Waals surface area contributed by atoms with Crippen LogP contribution in [0.15, 0.2) is 48.5 Å². The molecule has 0 saturated carbocycles. The van der Waals surface area contributed by atoms with Crippen LogP contribution in [-0.4, -0.2) is 48.8 Å². The molecule has 1 saturated heterocycles. The minimum absolute atomic E-state index is 0.00802. The molecule has 1 aliphatic heterocycles. The highest BCUT2D eigenvalue weighted by atomic mass is 16.6. The van der Waals surface area contributed by atoms with Crippen molar-refractivity contribution < 1.29 is 9.72 Å². The Morgan fingerprint density at radius 2 is 1.76 bits per heavy atom. The highest BCUT2D eigenvalue weighted by Crippen LogP contribution is 2.30. The van der Waals surface area contributed by atoms with Crippen molar-refractivity contribution in [2.45, 2.75) is 6.42 Å². The molecule has 0 aliphatic carbocycles. The van der Waals surface area contributed by atoms with Gasteiger partial charge in [0.15, 0.2) is 5.78 Å². The number of nitrogens with zero attached hydrogens (tertiary/aromatic N) is 3. The molecule has 130 valence electrons. The number of ketones is 1. The molecule has 3 rings (SSSR count). The van der Waals surface area contributed by atoms with Gasteiger partial charge >= 0.3 is 0 Å². The predicted molar refractivity (Wildman–Crippen MR) is 97.3 cm³/mol. The molecule has 2 aromatic rings. The summed E-state index contributed by atoms with van der Waals surface area (Å²) >= 11 is 0. The van der Waals surface area contributed by atoms with Crippen LogP contribution in [0.25, 0.3) is 0 Å². The number of likely N-dealkylation sites (N-methyl/N-ethyl adjacent to an activating group) is 1. The van der Waals surface area contributed by atoms with Crippen molar-refractivity contribution in [2.75, 3.05) is 38.1 Å². The van der Waals surface area contributed by atoms with Gasteiger partial charge in [-0.2, -0.15) is 0 Å². The lowest BCUT2D eigenvalue weighted by Crippen LogP contribution is -2.29. The van der Waals surface area contributed by atoms with Crippen molar-refractivity contribution >= 4 is 17.2 Å². The first-order valence-electron chi connectivity index (χ1n) is 8.38. The van der Waals surface area contributed by atoms with Crippen LogP contribution in [0.4, 0.5) is 11.4 Å². The Morgan fingerprint density at radius 1 is 1.00 bits per heavy atom. The SMILES string of the molecule is CN1CCCN(c2ccc(C(=O)c3ccccc3)cc2[N+](=O)[O-])CC1. The van der Waals surface area contributed by atoms with E-state index in [1.807, 2.05) is 11.0 Å². The first kappa shape index (κ1) is 17.1. The molecule has 0 aromatic heterocycles. The van der Waals surface area contributed by atoms with E-state index in [2.05, 4.69) is 11.9 Å². The summed E-state index contributed by atoms with van der Waals surface area (Å²) < 4.78 is 0. The lowest BCUT2D eigenvalue weighted by Gasteiger charge is -2.22. The first-order valence-corrected chi connectivity index (χ1v) is 8.38. The Bertz CT molecular complexity index is 777. The number of hydrogen-bond acceptors (Lipinski definition) is 5. The maximum atomic E-state index is 12.6. The van der Waals surface area contributed by atoms with Crippen molar-refractivity contribution in [3.8, 4) is 0 Å². The van der Waals surface area contributed by atoms with Crippen molar-refractivity contribution in [3.05, 3.63) is 69.8 Å². The van der Waals surface area contributed by atoms with Crippen LogP contribution in [0.1, 0.15) is 22.3 Å². The monoisotopic (exact) mass is 339 g/mol. The lowest BCUT2D eigenvalue weighted by molar-refractivity contribution is -0.384. The number of rotatable bonds is 4. The van der Waals surface area contributed by atoms with Crippen molar-refractivity contribution in [1.29, 1.82) is 0 Å². The van der Waals surface area contributed by atoms with Crippen molar-refractivity contribution in [3.63, 3.8) is 0 Å². The van der Waals surface area contributed by atoms with Crippen LogP contribution in [0.3, 0.4) is 0 Å². The van der Waals surface area contributed by atoms with Gasteiger partial charge in [0.25, 0.3) is 5.69 Å². The molecule has 0 unspecified atom stereocenters. The Morgan fingerprint density at radius 3 is 2.48 bits per heavy atom. The maximum absolute atomic E-state index is 12.6. The highest BCUT2D eigenvalue weighted by molar-refractivity contribution is 6.09. The summed E-state index contributed by atoms with van der Waals surface area (Å²) in [5.74, 6) is -0.203. The molecular weight excluding hydrogens is 318 g/mol. The highest BCUT2D eigenvalue weighted by Gasteiger charge is 2.23. The quantitative estimate of drug-likeness (QED) is 0.487. The zero-order valence-electron chi connectivity index (χ0n) is 14.2. The number of carbonyl (C=O) groups excluding carboxylic acids is 1. The van der Waals surface area contributed by atoms with Crippen LogP contribution in [0.2, 0.25) is 0 Å². The van der Waals surface area contributed by atoms with Gasteiger partial charge in [0.2, 0.25) is 0 Å². The lowest BCUT2D eigenvalue weighted by atomic mass is 10.0. The van der Waals surface area contributed by atoms with Crippen molar-refractivity contribution in [1.82, 2.24) is 4.90 Å². The minimum Gasteiger partial charge on any atom is -0.365 e. The van der Waals surface area contributed by atoms with Gasteiger partial charge in [-0.3, -0.25) is 14.9 Å². The molecule has 1 heterocycles. The van der Waals surface area contributed by atoms with Gasteiger partial charge in [0.05, 0.1) is 4.92 Å². The summed E-state index contributed by atoms with van der Waals surface area (Å²) in [6, 6.07) is 13.6. The van der Waals surface area contributed by atoms with E-state index in [1.165, 1.54) is 6.07 Å². The molecule has 6 nitrogen and oxygen atoms in total. The van der Waals surface area contributed by atoms with Gasteiger partial charge in [0, 0.05) is 36.8 Å². The standard InChI is InChI=1S/C19H21N3O3/c1-20-10-5-11-21(13-12-20)17-9-8-16(14-18(17)22(24)25)19(23)15-6-3-2-4-7-15/h2-4,6-9,14H,5,10-13H2,1H3. The van der Waals surface area contributed by atoms with Gasteiger partial charge in [-0.15, -0.1) is 0 Å².